The Morgan fingerprint density at radius 1 is 1.17 bits per heavy atom. The molecule has 2 atom stereocenters. The van der Waals surface area contributed by atoms with Gasteiger partial charge in [-0.1, -0.05) is 50.6 Å². The van der Waals surface area contributed by atoms with Gasteiger partial charge in [0.1, 0.15) is 0 Å². The molecule has 1 amide bonds. The number of nitrogens with two attached hydrogens (primary N) is 1. The molecule has 0 saturated carbocycles. The fourth-order valence-corrected chi connectivity index (χ4v) is 2.09. The lowest BCUT2D eigenvalue weighted by atomic mass is 9.87. The van der Waals surface area contributed by atoms with Gasteiger partial charge in [0.25, 0.3) is 0 Å². The largest absolute Gasteiger partial charge is 0.353 e. The average molecular weight is 364 g/mol. The van der Waals surface area contributed by atoms with Gasteiger partial charge in [-0.05, 0) is 32.0 Å². The molecule has 1 unspecified atom stereocenters. The van der Waals surface area contributed by atoms with Crippen LogP contribution in [0.15, 0.2) is 24.3 Å². The summed E-state index contributed by atoms with van der Waals surface area (Å²) in [5, 5.41) is 2.98. The third-order valence-corrected chi connectivity index (χ3v) is 3.77. The molecular weight excluding hydrogens is 333 g/mol. The summed E-state index contributed by atoms with van der Waals surface area (Å²) in [4.78, 5) is 14.3. The second-order valence-electron chi connectivity index (χ2n) is 6.98. The fraction of sp³-hybridized carbons (Fsp3) is 0.588. The number of rotatable bonds is 5. The molecule has 23 heavy (non-hydrogen) atoms. The van der Waals surface area contributed by atoms with Crippen LogP contribution < -0.4 is 11.1 Å². The van der Waals surface area contributed by atoms with Crippen molar-refractivity contribution in [3.05, 3.63) is 35.4 Å². The monoisotopic (exact) mass is 363 g/mol. The first-order valence-corrected chi connectivity index (χ1v) is 7.39. The Labute approximate surface area is 153 Å². The Bertz CT molecular complexity index is 470. The summed E-state index contributed by atoms with van der Waals surface area (Å²) in [6.45, 7) is 8.54. The van der Waals surface area contributed by atoms with Crippen molar-refractivity contribution in [2.24, 2.45) is 11.1 Å². The van der Waals surface area contributed by atoms with E-state index in [2.05, 4.69) is 41.4 Å². The van der Waals surface area contributed by atoms with Gasteiger partial charge in [0.05, 0.1) is 12.1 Å². The molecule has 0 aliphatic carbocycles. The molecule has 3 N–H and O–H groups in total. The lowest BCUT2D eigenvalue weighted by Crippen LogP contribution is -2.50. The SMILES string of the molecule is Cc1ccc(C(CNC(=O)[C@@H](N)C(C)(C)C)N(C)C)cc1.Cl.Cl. The van der Waals surface area contributed by atoms with Gasteiger partial charge in [0.15, 0.2) is 0 Å². The second-order valence-corrected chi connectivity index (χ2v) is 6.98. The van der Waals surface area contributed by atoms with E-state index in [1.807, 2.05) is 34.9 Å². The predicted octanol–water partition coefficient (Wildman–Crippen LogP) is 2.93. The molecule has 1 aromatic carbocycles. The standard InChI is InChI=1S/C17H29N3O.2ClH/c1-12-7-9-13(10-8-12)14(20(5)6)11-19-16(21)15(18)17(2,3)4;;/h7-10,14-15H,11,18H2,1-6H3,(H,19,21);2*1H/t14?,15-;;/m1../s1. The van der Waals surface area contributed by atoms with Crippen LogP contribution in [0.4, 0.5) is 0 Å². The molecule has 0 aromatic heterocycles. The molecule has 0 fully saturated rings. The van der Waals surface area contributed by atoms with Crippen molar-refractivity contribution in [1.29, 1.82) is 0 Å². The first-order chi connectivity index (χ1) is 9.62. The molecule has 6 heteroatoms. The Balaban J connectivity index is 0. The summed E-state index contributed by atoms with van der Waals surface area (Å²) in [6, 6.07) is 8.04. The normalized spacial score (nSPS) is 13.6. The highest BCUT2D eigenvalue weighted by molar-refractivity contribution is 5.85. The van der Waals surface area contributed by atoms with Gasteiger partial charge >= 0.3 is 0 Å². The van der Waals surface area contributed by atoms with Crippen LogP contribution in [0, 0.1) is 12.3 Å². The quantitative estimate of drug-likeness (QED) is 0.845. The van der Waals surface area contributed by atoms with E-state index in [0.29, 0.717) is 6.54 Å². The van der Waals surface area contributed by atoms with Crippen LogP contribution in [0.25, 0.3) is 0 Å². The van der Waals surface area contributed by atoms with Crippen molar-refractivity contribution in [2.45, 2.75) is 39.8 Å². The Kier molecular flexibility index (Phi) is 10.8. The summed E-state index contributed by atoms with van der Waals surface area (Å²) in [6.07, 6.45) is 0. The highest BCUT2D eigenvalue weighted by Gasteiger charge is 2.28. The summed E-state index contributed by atoms with van der Waals surface area (Å²) >= 11 is 0. The maximum atomic E-state index is 12.1. The molecule has 1 aromatic rings. The molecule has 0 saturated heterocycles. The first kappa shape index (κ1) is 24.4. The zero-order valence-electron chi connectivity index (χ0n) is 14.9. The summed E-state index contributed by atoms with van der Waals surface area (Å²) in [5.74, 6) is -0.0959. The number of hydrogen-bond acceptors (Lipinski definition) is 3. The van der Waals surface area contributed by atoms with Crippen molar-refractivity contribution >= 4 is 30.7 Å². The lowest BCUT2D eigenvalue weighted by molar-refractivity contribution is -0.124. The highest BCUT2D eigenvalue weighted by Crippen LogP contribution is 2.20. The number of benzene rings is 1. The van der Waals surface area contributed by atoms with E-state index in [1.165, 1.54) is 11.1 Å². The highest BCUT2D eigenvalue weighted by atomic mass is 35.5. The number of carbonyl (C=O) groups excluding carboxylic acids is 1. The van der Waals surface area contributed by atoms with Gasteiger partial charge in [-0.15, -0.1) is 24.8 Å². The zero-order valence-corrected chi connectivity index (χ0v) is 16.6. The second kappa shape index (κ2) is 10.1. The number of aryl methyl sites for hydroxylation is 1. The van der Waals surface area contributed by atoms with Crippen molar-refractivity contribution in [2.75, 3.05) is 20.6 Å². The van der Waals surface area contributed by atoms with E-state index in [1.54, 1.807) is 0 Å². The first-order valence-electron chi connectivity index (χ1n) is 7.39. The molecule has 0 spiro atoms. The minimum atomic E-state index is -0.502. The van der Waals surface area contributed by atoms with E-state index in [4.69, 9.17) is 5.73 Å². The molecule has 0 aliphatic rings. The number of halogens is 2. The summed E-state index contributed by atoms with van der Waals surface area (Å²) < 4.78 is 0. The third-order valence-electron chi connectivity index (χ3n) is 3.77. The minimum absolute atomic E-state index is 0. The molecule has 0 aliphatic heterocycles. The molecule has 0 bridgehead atoms. The summed E-state index contributed by atoms with van der Waals surface area (Å²) in [5.41, 5.74) is 8.18. The van der Waals surface area contributed by atoms with Crippen LogP contribution in [-0.2, 0) is 4.79 Å². The fourth-order valence-electron chi connectivity index (χ4n) is 2.09. The van der Waals surface area contributed by atoms with Gasteiger partial charge in [-0.2, -0.15) is 0 Å². The van der Waals surface area contributed by atoms with Crippen LogP contribution in [0.1, 0.15) is 37.9 Å². The van der Waals surface area contributed by atoms with Crippen LogP contribution >= 0.6 is 24.8 Å². The van der Waals surface area contributed by atoms with Gasteiger partial charge in [-0.3, -0.25) is 4.79 Å². The van der Waals surface area contributed by atoms with E-state index in [9.17, 15) is 4.79 Å². The number of carbonyl (C=O) groups is 1. The Morgan fingerprint density at radius 3 is 2.04 bits per heavy atom. The molecule has 134 valence electrons. The van der Waals surface area contributed by atoms with Crippen LogP contribution in [0.3, 0.4) is 0 Å². The van der Waals surface area contributed by atoms with Crippen molar-refractivity contribution in [1.82, 2.24) is 10.2 Å². The van der Waals surface area contributed by atoms with Gasteiger partial charge in [0, 0.05) is 6.54 Å². The topological polar surface area (TPSA) is 58.4 Å². The van der Waals surface area contributed by atoms with Crippen molar-refractivity contribution in [3.63, 3.8) is 0 Å². The third kappa shape index (κ3) is 7.53. The molecule has 4 nitrogen and oxygen atoms in total. The van der Waals surface area contributed by atoms with E-state index < -0.39 is 6.04 Å². The van der Waals surface area contributed by atoms with Crippen molar-refractivity contribution in [3.8, 4) is 0 Å². The van der Waals surface area contributed by atoms with Gasteiger partial charge in [0.2, 0.25) is 5.91 Å². The molecule has 1 rings (SSSR count). The smallest absolute Gasteiger partial charge is 0.237 e. The van der Waals surface area contributed by atoms with Gasteiger partial charge < -0.3 is 16.0 Å². The number of nitrogens with one attached hydrogen (secondary N) is 1. The number of hydrogen-bond donors (Lipinski definition) is 2. The van der Waals surface area contributed by atoms with Crippen LogP contribution in [0.2, 0.25) is 0 Å². The minimum Gasteiger partial charge on any atom is -0.353 e. The van der Waals surface area contributed by atoms with Gasteiger partial charge in [-0.25, -0.2) is 0 Å². The number of likely N-dealkylation sites (N-methyl/N-ethyl adjacent to an activating group) is 1. The van der Waals surface area contributed by atoms with E-state index in [0.717, 1.165) is 0 Å². The van der Waals surface area contributed by atoms with E-state index in [-0.39, 0.29) is 42.2 Å². The average Bonchev–Trinajstić information content (AvgIpc) is 2.38. The Hall–Kier alpha value is -0.810. The van der Waals surface area contributed by atoms with Crippen LogP contribution in [-0.4, -0.2) is 37.5 Å². The maximum absolute atomic E-state index is 12.1. The molecular formula is C17H31Cl2N3O. The molecule has 0 radical (unpaired) electrons. The number of amides is 1. The number of nitrogens with zero attached hydrogens (tertiary/aromatic N) is 1. The molecule has 0 heterocycles. The zero-order chi connectivity index (χ0) is 16.2. The lowest BCUT2D eigenvalue weighted by Gasteiger charge is -2.29. The predicted molar refractivity (Wildman–Crippen MR) is 103 cm³/mol. The summed E-state index contributed by atoms with van der Waals surface area (Å²) in [7, 11) is 4.03. The van der Waals surface area contributed by atoms with E-state index >= 15 is 0 Å². The van der Waals surface area contributed by atoms with Crippen LogP contribution in [0.5, 0.6) is 0 Å². The maximum Gasteiger partial charge on any atom is 0.237 e. The Morgan fingerprint density at radius 2 is 1.65 bits per heavy atom. The van der Waals surface area contributed by atoms with Crippen molar-refractivity contribution < 1.29 is 4.79 Å².